The topological polar surface area (TPSA) is 35.2 Å². The average Bonchev–Trinajstić information content (AvgIpc) is 2.42. The van der Waals surface area contributed by atoms with Crippen molar-refractivity contribution in [1.82, 2.24) is 0 Å². The molecule has 0 spiro atoms. The van der Waals surface area contributed by atoms with Gasteiger partial charge in [-0.05, 0) is 43.2 Å². The van der Waals surface area contributed by atoms with E-state index in [0.717, 1.165) is 5.56 Å². The number of para-hydroxylation sites is 1. The summed E-state index contributed by atoms with van der Waals surface area (Å²) in [7, 11) is 1.59. The van der Waals surface area contributed by atoms with E-state index >= 15 is 0 Å². The third-order valence-corrected chi connectivity index (χ3v) is 3.52. The molecule has 4 heteroatoms. The lowest BCUT2D eigenvalue weighted by Crippen LogP contribution is -2.36. The molecule has 106 valence electrons. The van der Waals surface area contributed by atoms with E-state index in [1.54, 1.807) is 13.2 Å². The molecule has 0 heterocycles. The largest absolute Gasteiger partial charge is 0.496 e. The van der Waals surface area contributed by atoms with Crippen molar-refractivity contribution < 1.29 is 9.13 Å². The fraction of sp³-hybridized carbons (Fsp3) is 0.250. The molecule has 0 saturated heterocycles. The zero-order valence-electron chi connectivity index (χ0n) is 11.5. The maximum atomic E-state index is 13.9. The molecule has 1 unspecified atom stereocenters. The van der Waals surface area contributed by atoms with Crippen LogP contribution in [-0.2, 0) is 12.0 Å². The van der Waals surface area contributed by atoms with Crippen LogP contribution in [0.25, 0.3) is 0 Å². The van der Waals surface area contributed by atoms with Gasteiger partial charge in [-0.1, -0.05) is 29.8 Å². The quantitative estimate of drug-likeness (QED) is 0.928. The SMILES string of the molecule is COc1ccccc1C(C)(N)Cc1cc(Cl)ccc1F. The summed E-state index contributed by atoms with van der Waals surface area (Å²) >= 11 is 5.92. The van der Waals surface area contributed by atoms with E-state index in [0.29, 0.717) is 22.8 Å². The van der Waals surface area contributed by atoms with E-state index in [1.165, 1.54) is 12.1 Å². The van der Waals surface area contributed by atoms with Crippen molar-refractivity contribution in [3.8, 4) is 5.75 Å². The highest BCUT2D eigenvalue weighted by molar-refractivity contribution is 6.30. The molecule has 0 aliphatic heterocycles. The molecule has 2 nitrogen and oxygen atoms in total. The molecular formula is C16H17ClFNO. The molecule has 0 aliphatic carbocycles. The first-order valence-corrected chi connectivity index (χ1v) is 6.68. The van der Waals surface area contributed by atoms with Crippen molar-refractivity contribution in [2.75, 3.05) is 7.11 Å². The minimum Gasteiger partial charge on any atom is -0.496 e. The molecule has 2 N–H and O–H groups in total. The summed E-state index contributed by atoms with van der Waals surface area (Å²) in [5, 5.41) is 0.497. The molecule has 2 rings (SSSR count). The lowest BCUT2D eigenvalue weighted by atomic mass is 9.86. The number of ether oxygens (including phenoxy) is 1. The van der Waals surface area contributed by atoms with Crippen LogP contribution in [0.5, 0.6) is 5.75 Å². The molecule has 0 bridgehead atoms. The van der Waals surface area contributed by atoms with Crippen molar-refractivity contribution in [2.45, 2.75) is 18.9 Å². The Balaban J connectivity index is 2.37. The summed E-state index contributed by atoms with van der Waals surface area (Å²) in [6.07, 6.45) is 0.333. The van der Waals surface area contributed by atoms with Crippen molar-refractivity contribution >= 4 is 11.6 Å². The van der Waals surface area contributed by atoms with Gasteiger partial charge in [0.15, 0.2) is 0 Å². The Kier molecular flexibility index (Phi) is 4.31. The molecule has 0 radical (unpaired) electrons. The van der Waals surface area contributed by atoms with Crippen LogP contribution in [0.3, 0.4) is 0 Å². The van der Waals surface area contributed by atoms with Gasteiger partial charge in [0.25, 0.3) is 0 Å². The van der Waals surface area contributed by atoms with Gasteiger partial charge in [-0.25, -0.2) is 4.39 Å². The molecule has 2 aromatic rings. The molecule has 0 amide bonds. The van der Waals surface area contributed by atoms with Gasteiger partial charge in [-0.2, -0.15) is 0 Å². The number of methoxy groups -OCH3 is 1. The summed E-state index contributed by atoms with van der Waals surface area (Å²) in [5.41, 5.74) is 6.95. The van der Waals surface area contributed by atoms with E-state index in [2.05, 4.69) is 0 Å². The molecule has 2 aromatic carbocycles. The van der Waals surface area contributed by atoms with E-state index < -0.39 is 5.54 Å². The van der Waals surface area contributed by atoms with Gasteiger partial charge >= 0.3 is 0 Å². The number of rotatable bonds is 4. The van der Waals surface area contributed by atoms with Crippen LogP contribution in [-0.4, -0.2) is 7.11 Å². The minimum absolute atomic E-state index is 0.305. The summed E-state index contributed by atoms with van der Waals surface area (Å²) in [6.45, 7) is 1.85. The maximum absolute atomic E-state index is 13.9. The number of nitrogens with two attached hydrogens (primary N) is 1. The third kappa shape index (κ3) is 3.11. The molecule has 0 aromatic heterocycles. The summed E-state index contributed by atoms with van der Waals surface area (Å²) in [6, 6.07) is 12.0. The Hall–Kier alpha value is -1.58. The van der Waals surface area contributed by atoms with E-state index in [9.17, 15) is 4.39 Å². The second-order valence-electron chi connectivity index (χ2n) is 5.03. The molecule has 1 atom stereocenters. The van der Waals surface area contributed by atoms with Gasteiger partial charge in [0.2, 0.25) is 0 Å². The minimum atomic E-state index is -0.752. The van der Waals surface area contributed by atoms with E-state index in [1.807, 2.05) is 31.2 Å². The second-order valence-corrected chi connectivity index (χ2v) is 5.47. The zero-order chi connectivity index (χ0) is 14.8. The monoisotopic (exact) mass is 293 g/mol. The van der Waals surface area contributed by atoms with E-state index in [-0.39, 0.29) is 5.82 Å². The zero-order valence-corrected chi connectivity index (χ0v) is 12.2. The van der Waals surface area contributed by atoms with E-state index in [4.69, 9.17) is 22.1 Å². The standard InChI is InChI=1S/C16H17ClFNO/c1-16(19,13-5-3-4-6-15(13)20-2)10-11-9-12(17)7-8-14(11)18/h3-9H,10,19H2,1-2H3. The van der Waals surface area contributed by atoms with Crippen LogP contribution in [0, 0.1) is 5.82 Å². The average molecular weight is 294 g/mol. The Morgan fingerprint density at radius 2 is 1.95 bits per heavy atom. The highest BCUT2D eigenvalue weighted by atomic mass is 35.5. The lowest BCUT2D eigenvalue weighted by Gasteiger charge is -2.27. The molecular weight excluding hydrogens is 277 g/mol. The van der Waals surface area contributed by atoms with Crippen LogP contribution in [0.4, 0.5) is 4.39 Å². The summed E-state index contributed by atoms with van der Waals surface area (Å²) in [5.74, 6) is 0.390. The van der Waals surface area contributed by atoms with Crippen molar-refractivity contribution in [1.29, 1.82) is 0 Å². The normalized spacial score (nSPS) is 13.8. The highest BCUT2D eigenvalue weighted by Crippen LogP contribution is 2.31. The van der Waals surface area contributed by atoms with Crippen LogP contribution < -0.4 is 10.5 Å². The summed E-state index contributed by atoms with van der Waals surface area (Å²) < 4.78 is 19.2. The Labute approximate surface area is 123 Å². The number of hydrogen-bond donors (Lipinski definition) is 1. The van der Waals surface area contributed by atoms with Crippen LogP contribution in [0.2, 0.25) is 5.02 Å². The van der Waals surface area contributed by atoms with Gasteiger partial charge in [0.1, 0.15) is 11.6 Å². The third-order valence-electron chi connectivity index (χ3n) is 3.29. The molecule has 0 fully saturated rings. The Morgan fingerprint density at radius 1 is 1.25 bits per heavy atom. The predicted octanol–water partition coefficient (Wildman–Crippen LogP) is 3.90. The fourth-order valence-corrected chi connectivity index (χ4v) is 2.48. The van der Waals surface area contributed by atoms with Crippen LogP contribution >= 0.6 is 11.6 Å². The number of benzene rings is 2. The van der Waals surface area contributed by atoms with Crippen molar-refractivity contribution in [3.05, 3.63) is 64.4 Å². The first-order valence-electron chi connectivity index (χ1n) is 6.30. The molecule has 0 aliphatic rings. The number of hydrogen-bond acceptors (Lipinski definition) is 2. The lowest BCUT2D eigenvalue weighted by molar-refractivity contribution is 0.384. The molecule has 20 heavy (non-hydrogen) atoms. The predicted molar refractivity (Wildman–Crippen MR) is 79.6 cm³/mol. The van der Waals surface area contributed by atoms with Gasteiger partial charge in [-0.15, -0.1) is 0 Å². The van der Waals surface area contributed by atoms with Crippen molar-refractivity contribution in [2.24, 2.45) is 5.73 Å². The second kappa shape index (κ2) is 5.81. The Bertz CT molecular complexity index is 613. The summed E-state index contributed by atoms with van der Waals surface area (Å²) in [4.78, 5) is 0. The van der Waals surface area contributed by atoms with Crippen molar-refractivity contribution in [3.63, 3.8) is 0 Å². The smallest absolute Gasteiger partial charge is 0.126 e. The van der Waals surface area contributed by atoms with Gasteiger partial charge in [-0.3, -0.25) is 0 Å². The first kappa shape index (κ1) is 14.8. The van der Waals surface area contributed by atoms with Gasteiger partial charge in [0, 0.05) is 16.1 Å². The van der Waals surface area contributed by atoms with Crippen LogP contribution in [0.15, 0.2) is 42.5 Å². The highest BCUT2D eigenvalue weighted by Gasteiger charge is 2.26. The molecule has 0 saturated carbocycles. The first-order chi connectivity index (χ1) is 9.44. The Morgan fingerprint density at radius 3 is 2.65 bits per heavy atom. The van der Waals surface area contributed by atoms with Gasteiger partial charge in [0.05, 0.1) is 7.11 Å². The fourth-order valence-electron chi connectivity index (χ4n) is 2.29. The maximum Gasteiger partial charge on any atom is 0.126 e. The number of halogens is 2. The van der Waals surface area contributed by atoms with Crippen LogP contribution in [0.1, 0.15) is 18.1 Å². The van der Waals surface area contributed by atoms with Gasteiger partial charge < -0.3 is 10.5 Å².